The lowest BCUT2D eigenvalue weighted by Crippen LogP contribution is -2.22. The van der Waals surface area contributed by atoms with Crippen LogP contribution in [0.15, 0.2) is 22.8 Å². The molecular weight excluding hydrogens is 196 g/mol. The van der Waals surface area contributed by atoms with Crippen LogP contribution in [0.1, 0.15) is 10.6 Å². The molecule has 0 spiro atoms. The molecule has 0 radical (unpaired) electrons. The van der Waals surface area contributed by atoms with Crippen molar-refractivity contribution < 1.29 is 4.42 Å². The lowest BCUT2D eigenvalue weighted by Gasteiger charge is -2.09. The topological polar surface area (TPSA) is 38.1 Å². The normalized spacial score (nSPS) is 15.4. The van der Waals surface area contributed by atoms with Crippen molar-refractivity contribution >= 4 is 11.3 Å². The fourth-order valence-electron chi connectivity index (χ4n) is 1.63. The number of aromatic nitrogens is 1. The Kier molecular flexibility index (Phi) is 1.89. The second-order valence-electron chi connectivity index (χ2n) is 3.29. The molecule has 0 aromatic carbocycles. The molecule has 0 saturated carbocycles. The lowest BCUT2D eigenvalue weighted by molar-refractivity contribution is 0.581. The van der Waals surface area contributed by atoms with Gasteiger partial charge in [0.05, 0.1) is 12.0 Å². The Morgan fingerprint density at radius 2 is 2.50 bits per heavy atom. The maximum atomic E-state index is 5.32. The maximum absolute atomic E-state index is 5.32. The summed E-state index contributed by atoms with van der Waals surface area (Å²) in [6.07, 6.45) is 2.72. The van der Waals surface area contributed by atoms with Crippen molar-refractivity contribution in [2.75, 3.05) is 6.54 Å². The first kappa shape index (κ1) is 8.20. The van der Waals surface area contributed by atoms with E-state index in [4.69, 9.17) is 4.42 Å². The summed E-state index contributed by atoms with van der Waals surface area (Å²) in [4.78, 5) is 5.93. The molecule has 3 rings (SSSR count). The molecule has 14 heavy (non-hydrogen) atoms. The van der Waals surface area contributed by atoms with Crippen molar-refractivity contribution in [3.63, 3.8) is 0 Å². The molecule has 0 unspecified atom stereocenters. The van der Waals surface area contributed by atoms with Crippen LogP contribution >= 0.6 is 11.3 Å². The number of thiazole rings is 1. The van der Waals surface area contributed by atoms with E-state index in [1.807, 2.05) is 12.1 Å². The van der Waals surface area contributed by atoms with Crippen molar-refractivity contribution in [2.45, 2.75) is 13.0 Å². The van der Waals surface area contributed by atoms with Gasteiger partial charge in [0.15, 0.2) is 10.8 Å². The van der Waals surface area contributed by atoms with Crippen LogP contribution in [0.2, 0.25) is 0 Å². The van der Waals surface area contributed by atoms with E-state index >= 15 is 0 Å². The number of hydrogen-bond acceptors (Lipinski definition) is 4. The van der Waals surface area contributed by atoms with Crippen LogP contribution in [0.3, 0.4) is 0 Å². The van der Waals surface area contributed by atoms with E-state index in [1.54, 1.807) is 17.6 Å². The third kappa shape index (κ3) is 1.27. The Morgan fingerprint density at radius 1 is 1.50 bits per heavy atom. The summed E-state index contributed by atoms with van der Waals surface area (Å²) in [5, 5.41) is 4.34. The van der Waals surface area contributed by atoms with Crippen LogP contribution < -0.4 is 5.32 Å². The number of hydrogen-bond donors (Lipinski definition) is 1. The van der Waals surface area contributed by atoms with Gasteiger partial charge in [-0.1, -0.05) is 0 Å². The van der Waals surface area contributed by atoms with Gasteiger partial charge in [0, 0.05) is 24.4 Å². The SMILES string of the molecule is c1coc(-c2nc3c(s2)CNCC3)c1. The number of rotatable bonds is 1. The van der Waals surface area contributed by atoms with Gasteiger partial charge in [-0.3, -0.25) is 0 Å². The predicted octanol–water partition coefficient (Wildman–Crippen LogP) is 2.05. The van der Waals surface area contributed by atoms with Crippen LogP contribution in [-0.2, 0) is 13.0 Å². The molecule has 0 saturated heterocycles. The van der Waals surface area contributed by atoms with E-state index in [1.165, 1.54) is 10.6 Å². The molecule has 0 aliphatic carbocycles. The van der Waals surface area contributed by atoms with E-state index in [2.05, 4.69) is 10.3 Å². The predicted molar refractivity (Wildman–Crippen MR) is 55.2 cm³/mol. The van der Waals surface area contributed by atoms with Crippen molar-refractivity contribution in [1.82, 2.24) is 10.3 Å². The maximum Gasteiger partial charge on any atom is 0.162 e. The molecule has 2 aromatic rings. The molecule has 72 valence electrons. The number of nitrogens with one attached hydrogen (secondary N) is 1. The Morgan fingerprint density at radius 3 is 3.29 bits per heavy atom. The van der Waals surface area contributed by atoms with Crippen LogP contribution in [0.25, 0.3) is 10.8 Å². The fourth-order valence-corrected chi connectivity index (χ4v) is 2.68. The van der Waals surface area contributed by atoms with Crippen molar-refractivity contribution in [3.05, 3.63) is 29.0 Å². The lowest BCUT2D eigenvalue weighted by atomic mass is 10.2. The molecule has 0 amide bonds. The van der Waals surface area contributed by atoms with Gasteiger partial charge in [-0.25, -0.2) is 4.98 Å². The molecule has 4 heteroatoms. The second kappa shape index (κ2) is 3.22. The Hall–Kier alpha value is -1.13. The number of furan rings is 1. The smallest absolute Gasteiger partial charge is 0.162 e. The molecule has 0 fully saturated rings. The molecular formula is C10H10N2OS. The first-order chi connectivity index (χ1) is 6.93. The van der Waals surface area contributed by atoms with Gasteiger partial charge in [-0.2, -0.15) is 0 Å². The summed E-state index contributed by atoms with van der Waals surface area (Å²) in [6, 6.07) is 3.85. The van der Waals surface area contributed by atoms with Crippen LogP contribution in [0, 0.1) is 0 Å². The van der Waals surface area contributed by atoms with Gasteiger partial charge in [0.1, 0.15) is 0 Å². The average molecular weight is 206 g/mol. The molecule has 0 atom stereocenters. The van der Waals surface area contributed by atoms with Crippen molar-refractivity contribution in [1.29, 1.82) is 0 Å². The fraction of sp³-hybridized carbons (Fsp3) is 0.300. The van der Waals surface area contributed by atoms with E-state index in [-0.39, 0.29) is 0 Å². The summed E-state index contributed by atoms with van der Waals surface area (Å²) in [6.45, 7) is 1.99. The van der Waals surface area contributed by atoms with Gasteiger partial charge < -0.3 is 9.73 Å². The molecule has 3 nitrogen and oxygen atoms in total. The van der Waals surface area contributed by atoms with Crippen LogP contribution in [-0.4, -0.2) is 11.5 Å². The Labute approximate surface area is 85.8 Å². The minimum Gasteiger partial charge on any atom is -0.462 e. The van der Waals surface area contributed by atoms with Crippen molar-refractivity contribution in [3.8, 4) is 10.8 Å². The summed E-state index contributed by atoms with van der Waals surface area (Å²) in [5.41, 5.74) is 1.24. The monoisotopic (exact) mass is 206 g/mol. The summed E-state index contributed by atoms with van der Waals surface area (Å²) in [7, 11) is 0. The zero-order valence-electron chi connectivity index (χ0n) is 7.62. The zero-order chi connectivity index (χ0) is 9.38. The van der Waals surface area contributed by atoms with Crippen LogP contribution in [0.4, 0.5) is 0 Å². The van der Waals surface area contributed by atoms with Gasteiger partial charge in [-0.15, -0.1) is 11.3 Å². The Balaban J connectivity index is 2.04. The third-order valence-corrected chi connectivity index (χ3v) is 3.45. The molecule has 1 aliphatic rings. The second-order valence-corrected chi connectivity index (χ2v) is 4.38. The van der Waals surface area contributed by atoms with Crippen molar-refractivity contribution in [2.24, 2.45) is 0 Å². The highest BCUT2D eigenvalue weighted by Gasteiger charge is 2.16. The van der Waals surface area contributed by atoms with Gasteiger partial charge in [0.25, 0.3) is 0 Å². The van der Waals surface area contributed by atoms with E-state index in [0.717, 1.165) is 30.3 Å². The molecule has 1 N–H and O–H groups in total. The highest BCUT2D eigenvalue weighted by molar-refractivity contribution is 7.15. The molecule has 3 heterocycles. The first-order valence-electron chi connectivity index (χ1n) is 4.66. The summed E-state index contributed by atoms with van der Waals surface area (Å²) >= 11 is 1.73. The van der Waals surface area contributed by atoms with Gasteiger partial charge in [0.2, 0.25) is 0 Å². The molecule has 0 bridgehead atoms. The molecule has 1 aliphatic heterocycles. The highest BCUT2D eigenvalue weighted by Crippen LogP contribution is 2.29. The highest BCUT2D eigenvalue weighted by atomic mass is 32.1. The number of nitrogens with zero attached hydrogens (tertiary/aromatic N) is 1. The zero-order valence-corrected chi connectivity index (χ0v) is 8.43. The summed E-state index contributed by atoms with van der Waals surface area (Å²) in [5.74, 6) is 0.879. The van der Waals surface area contributed by atoms with E-state index in [0.29, 0.717) is 0 Å². The molecule has 2 aromatic heterocycles. The van der Waals surface area contributed by atoms with E-state index < -0.39 is 0 Å². The average Bonchev–Trinajstić information content (AvgIpc) is 2.86. The minimum absolute atomic E-state index is 0.879. The minimum atomic E-state index is 0.879. The Bertz CT molecular complexity index is 409. The first-order valence-corrected chi connectivity index (χ1v) is 5.48. The standard InChI is InChI=1S/C10H10N2OS/c1-2-8(13-5-1)10-12-7-3-4-11-6-9(7)14-10/h1-2,5,11H,3-4,6H2. The van der Waals surface area contributed by atoms with E-state index in [9.17, 15) is 0 Å². The van der Waals surface area contributed by atoms with Crippen LogP contribution in [0.5, 0.6) is 0 Å². The summed E-state index contributed by atoms with van der Waals surface area (Å²) < 4.78 is 5.32. The number of fused-ring (bicyclic) bond motifs is 1. The van der Waals surface area contributed by atoms with Gasteiger partial charge >= 0.3 is 0 Å². The quantitative estimate of drug-likeness (QED) is 0.776. The largest absolute Gasteiger partial charge is 0.462 e. The third-order valence-electron chi connectivity index (χ3n) is 2.33. The van der Waals surface area contributed by atoms with Gasteiger partial charge in [-0.05, 0) is 12.1 Å².